The molecule has 1 fully saturated rings. The topological polar surface area (TPSA) is 66.5 Å². The molecule has 2 atom stereocenters. The number of nitrogens with zero attached hydrogens (tertiary/aromatic N) is 3. The Bertz CT molecular complexity index is 506. The van der Waals surface area contributed by atoms with Crippen LogP contribution in [0.1, 0.15) is 32.6 Å². The standard InChI is InChI=1S/C12H17N5/c1-8-3-2-4-9(5-8)17-12-10-11(14-6-13-10)15-7-16-12/h6-9H,2-5H2,1H3,(H2,13,14,15,16,17). The van der Waals surface area contributed by atoms with Crippen LogP contribution in [0.2, 0.25) is 0 Å². The molecule has 90 valence electrons. The van der Waals surface area contributed by atoms with Crippen LogP contribution in [0.25, 0.3) is 11.2 Å². The Kier molecular flexibility index (Phi) is 2.66. The van der Waals surface area contributed by atoms with Crippen molar-refractivity contribution >= 4 is 17.0 Å². The van der Waals surface area contributed by atoms with Gasteiger partial charge in [-0.15, -0.1) is 0 Å². The van der Waals surface area contributed by atoms with Gasteiger partial charge in [-0.2, -0.15) is 0 Å². The summed E-state index contributed by atoms with van der Waals surface area (Å²) in [7, 11) is 0. The summed E-state index contributed by atoms with van der Waals surface area (Å²) >= 11 is 0. The minimum atomic E-state index is 0.528. The fraction of sp³-hybridized carbons (Fsp3) is 0.583. The van der Waals surface area contributed by atoms with Gasteiger partial charge < -0.3 is 10.3 Å². The van der Waals surface area contributed by atoms with Crippen LogP contribution in [0, 0.1) is 5.92 Å². The normalized spacial score (nSPS) is 25.0. The number of aromatic amines is 1. The molecule has 1 aliphatic carbocycles. The lowest BCUT2D eigenvalue weighted by molar-refractivity contribution is 0.358. The van der Waals surface area contributed by atoms with E-state index in [-0.39, 0.29) is 0 Å². The first-order valence-electron chi connectivity index (χ1n) is 6.23. The second kappa shape index (κ2) is 4.31. The van der Waals surface area contributed by atoms with Gasteiger partial charge in [-0.25, -0.2) is 15.0 Å². The van der Waals surface area contributed by atoms with Gasteiger partial charge in [0.2, 0.25) is 0 Å². The average Bonchev–Trinajstić information content (AvgIpc) is 2.78. The molecule has 17 heavy (non-hydrogen) atoms. The fourth-order valence-electron chi connectivity index (χ4n) is 2.63. The van der Waals surface area contributed by atoms with E-state index in [1.807, 2.05) is 0 Å². The summed E-state index contributed by atoms with van der Waals surface area (Å²) in [6.07, 6.45) is 8.33. The summed E-state index contributed by atoms with van der Waals surface area (Å²) in [4.78, 5) is 15.7. The second-order valence-electron chi connectivity index (χ2n) is 4.94. The monoisotopic (exact) mass is 231 g/mol. The maximum Gasteiger partial charge on any atom is 0.182 e. The van der Waals surface area contributed by atoms with Gasteiger partial charge in [0.25, 0.3) is 0 Å². The minimum absolute atomic E-state index is 0.528. The van der Waals surface area contributed by atoms with Gasteiger partial charge in [-0.05, 0) is 18.8 Å². The van der Waals surface area contributed by atoms with E-state index < -0.39 is 0 Å². The molecule has 5 heteroatoms. The molecule has 1 aliphatic rings. The molecule has 0 amide bonds. The zero-order valence-corrected chi connectivity index (χ0v) is 9.98. The number of nitrogens with one attached hydrogen (secondary N) is 2. The molecule has 0 bridgehead atoms. The quantitative estimate of drug-likeness (QED) is 0.832. The Morgan fingerprint density at radius 3 is 3.12 bits per heavy atom. The van der Waals surface area contributed by atoms with Gasteiger partial charge in [-0.1, -0.05) is 19.8 Å². The van der Waals surface area contributed by atoms with Crippen LogP contribution in [0.15, 0.2) is 12.7 Å². The lowest BCUT2D eigenvalue weighted by Crippen LogP contribution is -2.26. The minimum Gasteiger partial charge on any atom is -0.365 e. The molecule has 0 radical (unpaired) electrons. The number of hydrogen-bond acceptors (Lipinski definition) is 4. The molecule has 0 aliphatic heterocycles. The van der Waals surface area contributed by atoms with Crippen molar-refractivity contribution in [3.05, 3.63) is 12.7 Å². The van der Waals surface area contributed by atoms with E-state index in [0.717, 1.165) is 22.9 Å². The third-order valence-corrected chi connectivity index (χ3v) is 3.50. The summed E-state index contributed by atoms with van der Waals surface area (Å²) < 4.78 is 0. The van der Waals surface area contributed by atoms with Gasteiger partial charge in [0.15, 0.2) is 11.5 Å². The van der Waals surface area contributed by atoms with Crippen molar-refractivity contribution < 1.29 is 0 Å². The first kappa shape index (κ1) is 10.5. The Morgan fingerprint density at radius 2 is 2.24 bits per heavy atom. The number of anilines is 1. The summed E-state index contributed by atoms with van der Waals surface area (Å²) in [5, 5.41) is 3.52. The van der Waals surface area contributed by atoms with E-state index in [1.165, 1.54) is 25.7 Å². The third kappa shape index (κ3) is 2.09. The zero-order valence-electron chi connectivity index (χ0n) is 9.98. The number of hydrogen-bond donors (Lipinski definition) is 2. The van der Waals surface area contributed by atoms with E-state index in [0.29, 0.717) is 6.04 Å². The highest BCUT2D eigenvalue weighted by Gasteiger charge is 2.19. The Hall–Kier alpha value is -1.65. The van der Waals surface area contributed by atoms with E-state index >= 15 is 0 Å². The largest absolute Gasteiger partial charge is 0.365 e. The van der Waals surface area contributed by atoms with E-state index in [9.17, 15) is 0 Å². The van der Waals surface area contributed by atoms with Gasteiger partial charge in [0, 0.05) is 6.04 Å². The lowest BCUT2D eigenvalue weighted by atomic mass is 9.87. The predicted octanol–water partition coefficient (Wildman–Crippen LogP) is 2.34. The second-order valence-corrected chi connectivity index (χ2v) is 4.94. The Morgan fingerprint density at radius 1 is 1.29 bits per heavy atom. The number of aromatic nitrogens is 4. The van der Waals surface area contributed by atoms with Gasteiger partial charge in [0.1, 0.15) is 11.8 Å². The fourth-order valence-corrected chi connectivity index (χ4v) is 2.63. The molecule has 1 saturated carbocycles. The molecule has 5 nitrogen and oxygen atoms in total. The van der Waals surface area contributed by atoms with Crippen molar-refractivity contribution in [2.75, 3.05) is 5.32 Å². The van der Waals surface area contributed by atoms with Crippen LogP contribution in [-0.2, 0) is 0 Å². The van der Waals surface area contributed by atoms with Gasteiger partial charge in [-0.3, -0.25) is 0 Å². The van der Waals surface area contributed by atoms with Crippen LogP contribution in [0.5, 0.6) is 0 Å². The highest BCUT2D eigenvalue weighted by molar-refractivity contribution is 5.82. The molecule has 3 rings (SSSR count). The van der Waals surface area contributed by atoms with Crippen LogP contribution in [0.4, 0.5) is 5.82 Å². The zero-order chi connectivity index (χ0) is 11.7. The van der Waals surface area contributed by atoms with Crippen LogP contribution in [-0.4, -0.2) is 26.0 Å². The van der Waals surface area contributed by atoms with Crippen molar-refractivity contribution in [2.24, 2.45) is 5.92 Å². The maximum absolute atomic E-state index is 4.30. The Balaban J connectivity index is 1.82. The number of imidazole rings is 1. The van der Waals surface area contributed by atoms with Crippen LogP contribution >= 0.6 is 0 Å². The van der Waals surface area contributed by atoms with E-state index in [2.05, 4.69) is 32.2 Å². The van der Waals surface area contributed by atoms with Crippen molar-refractivity contribution in [1.82, 2.24) is 19.9 Å². The molecule has 2 heterocycles. The van der Waals surface area contributed by atoms with Crippen molar-refractivity contribution in [3.8, 4) is 0 Å². The number of H-pyrrole nitrogens is 1. The van der Waals surface area contributed by atoms with Gasteiger partial charge >= 0.3 is 0 Å². The van der Waals surface area contributed by atoms with Crippen molar-refractivity contribution in [2.45, 2.75) is 38.6 Å². The third-order valence-electron chi connectivity index (χ3n) is 3.50. The molecule has 0 spiro atoms. The maximum atomic E-state index is 4.30. The highest BCUT2D eigenvalue weighted by Crippen LogP contribution is 2.26. The van der Waals surface area contributed by atoms with E-state index in [4.69, 9.17) is 0 Å². The SMILES string of the molecule is CC1CCCC(Nc2ncnc3nc[nH]c23)C1. The number of rotatable bonds is 2. The average molecular weight is 231 g/mol. The van der Waals surface area contributed by atoms with Crippen molar-refractivity contribution in [3.63, 3.8) is 0 Å². The molecular weight excluding hydrogens is 214 g/mol. The lowest BCUT2D eigenvalue weighted by Gasteiger charge is -2.27. The molecular formula is C12H17N5. The van der Waals surface area contributed by atoms with E-state index in [1.54, 1.807) is 12.7 Å². The summed E-state index contributed by atoms with van der Waals surface area (Å²) in [6.45, 7) is 2.32. The summed E-state index contributed by atoms with van der Waals surface area (Å²) in [6, 6.07) is 0.528. The highest BCUT2D eigenvalue weighted by atomic mass is 15.1. The Labute approximate surface area is 100 Å². The van der Waals surface area contributed by atoms with Crippen LogP contribution < -0.4 is 5.32 Å². The van der Waals surface area contributed by atoms with Crippen LogP contribution in [0.3, 0.4) is 0 Å². The number of fused-ring (bicyclic) bond motifs is 1. The smallest absolute Gasteiger partial charge is 0.182 e. The molecule has 2 aromatic rings. The molecule has 0 aromatic carbocycles. The molecule has 2 aromatic heterocycles. The summed E-state index contributed by atoms with van der Waals surface area (Å²) in [5.41, 5.74) is 1.64. The first-order chi connectivity index (χ1) is 8.33. The van der Waals surface area contributed by atoms with Crippen molar-refractivity contribution in [1.29, 1.82) is 0 Å². The predicted molar refractivity (Wildman–Crippen MR) is 66.7 cm³/mol. The summed E-state index contributed by atoms with van der Waals surface area (Å²) in [5.74, 6) is 1.69. The van der Waals surface area contributed by atoms with Gasteiger partial charge in [0.05, 0.1) is 6.33 Å². The molecule has 2 unspecified atom stereocenters. The molecule has 0 saturated heterocycles. The first-order valence-corrected chi connectivity index (χ1v) is 6.23. The molecule has 2 N–H and O–H groups in total.